The van der Waals surface area contributed by atoms with Crippen LogP contribution in [0.3, 0.4) is 0 Å². The molecule has 0 aliphatic carbocycles. The van der Waals surface area contributed by atoms with E-state index in [9.17, 15) is 4.79 Å². The fraction of sp³-hybridized carbons (Fsp3) is 0.278. The van der Waals surface area contributed by atoms with Crippen LogP contribution in [-0.4, -0.2) is 32.4 Å². The van der Waals surface area contributed by atoms with E-state index in [1.54, 1.807) is 32.0 Å². The molecule has 24 heavy (non-hydrogen) atoms. The van der Waals surface area contributed by atoms with Crippen LogP contribution in [0.5, 0.6) is 11.5 Å². The molecule has 0 radical (unpaired) electrons. The third-order valence-electron chi connectivity index (χ3n) is 3.32. The van der Waals surface area contributed by atoms with Crippen molar-refractivity contribution in [2.24, 2.45) is 0 Å². The quantitative estimate of drug-likeness (QED) is 0.571. The van der Waals surface area contributed by atoms with Gasteiger partial charge in [0.25, 0.3) is 0 Å². The van der Waals surface area contributed by atoms with Crippen LogP contribution in [0.15, 0.2) is 47.4 Å². The van der Waals surface area contributed by atoms with Crippen LogP contribution in [0.1, 0.15) is 5.56 Å². The molecule has 2 aromatic rings. The number of halogens is 1. The lowest BCUT2D eigenvalue weighted by Gasteiger charge is -2.10. The Labute approximate surface area is 151 Å². The van der Waals surface area contributed by atoms with Crippen molar-refractivity contribution in [1.82, 2.24) is 5.32 Å². The second kappa shape index (κ2) is 9.45. The highest BCUT2D eigenvalue weighted by Gasteiger charge is 2.08. The second-order valence-corrected chi connectivity index (χ2v) is 6.62. The standard InChI is InChI=1S/C18H20ClNO3S/c1-22-16-8-3-13(11-17(16)23-2)12-18(21)20-9-10-24-15-6-4-14(19)5-7-15/h3-8,11H,9-10,12H2,1-2H3,(H,20,21). The van der Waals surface area contributed by atoms with E-state index < -0.39 is 0 Å². The van der Waals surface area contributed by atoms with Crippen molar-refractivity contribution in [3.8, 4) is 11.5 Å². The summed E-state index contributed by atoms with van der Waals surface area (Å²) in [7, 11) is 3.16. The van der Waals surface area contributed by atoms with Crippen LogP contribution in [0.4, 0.5) is 0 Å². The molecule has 6 heteroatoms. The average Bonchev–Trinajstić information content (AvgIpc) is 2.60. The molecule has 2 rings (SSSR count). The van der Waals surface area contributed by atoms with E-state index in [0.29, 0.717) is 24.5 Å². The molecule has 0 heterocycles. The fourth-order valence-electron chi connectivity index (χ4n) is 2.13. The summed E-state index contributed by atoms with van der Waals surface area (Å²) in [5.41, 5.74) is 0.885. The summed E-state index contributed by atoms with van der Waals surface area (Å²) in [6, 6.07) is 13.2. The minimum atomic E-state index is -0.0149. The molecule has 0 aliphatic rings. The first-order chi connectivity index (χ1) is 11.6. The van der Waals surface area contributed by atoms with Gasteiger partial charge in [0.05, 0.1) is 20.6 Å². The van der Waals surface area contributed by atoms with Crippen molar-refractivity contribution >= 4 is 29.3 Å². The maximum atomic E-state index is 12.0. The molecule has 0 fully saturated rings. The van der Waals surface area contributed by atoms with Crippen LogP contribution in [0.25, 0.3) is 0 Å². The first-order valence-electron chi connectivity index (χ1n) is 7.48. The summed E-state index contributed by atoms with van der Waals surface area (Å²) < 4.78 is 10.4. The molecule has 0 saturated carbocycles. The molecule has 4 nitrogen and oxygen atoms in total. The molecular formula is C18H20ClNO3S. The third-order valence-corrected chi connectivity index (χ3v) is 4.58. The molecule has 0 saturated heterocycles. The van der Waals surface area contributed by atoms with Gasteiger partial charge in [-0.25, -0.2) is 0 Å². The van der Waals surface area contributed by atoms with Gasteiger partial charge in [-0.3, -0.25) is 4.79 Å². The number of benzene rings is 2. The van der Waals surface area contributed by atoms with E-state index in [2.05, 4.69) is 5.32 Å². The molecule has 0 aromatic heterocycles. The molecular weight excluding hydrogens is 346 g/mol. The number of amides is 1. The summed E-state index contributed by atoms with van der Waals surface area (Å²) in [6.45, 7) is 0.611. The Bertz CT molecular complexity index is 676. The molecule has 0 atom stereocenters. The van der Waals surface area contributed by atoms with Gasteiger partial charge >= 0.3 is 0 Å². The SMILES string of the molecule is COc1ccc(CC(=O)NCCSc2ccc(Cl)cc2)cc1OC. The summed E-state index contributed by atoms with van der Waals surface area (Å²) in [5, 5.41) is 3.65. The fourth-order valence-corrected chi connectivity index (χ4v) is 3.02. The Hall–Kier alpha value is -1.85. The van der Waals surface area contributed by atoms with Gasteiger partial charge < -0.3 is 14.8 Å². The summed E-state index contributed by atoms with van der Waals surface area (Å²) in [4.78, 5) is 13.1. The largest absolute Gasteiger partial charge is 0.493 e. The molecule has 0 aliphatic heterocycles. The van der Waals surface area contributed by atoms with E-state index >= 15 is 0 Å². The van der Waals surface area contributed by atoms with Crippen LogP contribution < -0.4 is 14.8 Å². The maximum absolute atomic E-state index is 12.0. The maximum Gasteiger partial charge on any atom is 0.224 e. The summed E-state index contributed by atoms with van der Waals surface area (Å²) >= 11 is 7.53. The summed E-state index contributed by atoms with van der Waals surface area (Å²) in [5.74, 6) is 2.07. The van der Waals surface area contributed by atoms with E-state index in [1.165, 1.54) is 0 Å². The van der Waals surface area contributed by atoms with Gasteiger partial charge in [0.1, 0.15) is 0 Å². The predicted molar refractivity (Wildman–Crippen MR) is 98.4 cm³/mol. The van der Waals surface area contributed by atoms with Crippen molar-refractivity contribution in [3.63, 3.8) is 0 Å². The topological polar surface area (TPSA) is 47.6 Å². The molecule has 1 N–H and O–H groups in total. The molecule has 128 valence electrons. The number of carbonyl (C=O) groups is 1. The average molecular weight is 366 g/mol. The normalized spacial score (nSPS) is 10.3. The van der Waals surface area contributed by atoms with Crippen LogP contribution in [0, 0.1) is 0 Å². The van der Waals surface area contributed by atoms with Crippen LogP contribution in [0.2, 0.25) is 5.02 Å². The van der Waals surface area contributed by atoms with E-state index in [4.69, 9.17) is 21.1 Å². The molecule has 0 spiro atoms. The molecule has 0 unspecified atom stereocenters. The number of hydrogen-bond donors (Lipinski definition) is 1. The number of ether oxygens (including phenoxy) is 2. The van der Waals surface area contributed by atoms with Gasteiger partial charge in [-0.15, -0.1) is 11.8 Å². The van der Waals surface area contributed by atoms with Gasteiger partial charge in [-0.2, -0.15) is 0 Å². The lowest BCUT2D eigenvalue weighted by Crippen LogP contribution is -2.27. The number of nitrogens with one attached hydrogen (secondary N) is 1. The van der Waals surface area contributed by atoms with Gasteiger partial charge in [0.15, 0.2) is 11.5 Å². The van der Waals surface area contributed by atoms with Crippen molar-refractivity contribution in [1.29, 1.82) is 0 Å². The first-order valence-corrected chi connectivity index (χ1v) is 8.84. The Morgan fingerprint density at radius 3 is 2.46 bits per heavy atom. The number of thioether (sulfide) groups is 1. The smallest absolute Gasteiger partial charge is 0.224 e. The highest BCUT2D eigenvalue weighted by Crippen LogP contribution is 2.27. The minimum Gasteiger partial charge on any atom is -0.493 e. The van der Waals surface area contributed by atoms with Gasteiger partial charge in [0.2, 0.25) is 5.91 Å². The zero-order chi connectivity index (χ0) is 17.4. The Balaban J connectivity index is 1.76. The van der Waals surface area contributed by atoms with Crippen molar-refractivity contribution < 1.29 is 14.3 Å². The van der Waals surface area contributed by atoms with E-state index in [-0.39, 0.29) is 5.91 Å². The molecule has 2 aromatic carbocycles. The monoisotopic (exact) mass is 365 g/mol. The number of hydrogen-bond acceptors (Lipinski definition) is 4. The van der Waals surface area contributed by atoms with Gasteiger partial charge in [-0.05, 0) is 42.0 Å². The second-order valence-electron chi connectivity index (χ2n) is 5.02. The summed E-state index contributed by atoms with van der Waals surface area (Å²) in [6.07, 6.45) is 0.311. The predicted octanol–water partition coefficient (Wildman–Crippen LogP) is 3.81. The number of rotatable bonds is 8. The highest BCUT2D eigenvalue weighted by atomic mass is 35.5. The Morgan fingerprint density at radius 2 is 1.79 bits per heavy atom. The molecule has 1 amide bonds. The highest BCUT2D eigenvalue weighted by molar-refractivity contribution is 7.99. The van der Waals surface area contributed by atoms with Gasteiger partial charge in [-0.1, -0.05) is 17.7 Å². The van der Waals surface area contributed by atoms with Crippen molar-refractivity contribution in [2.75, 3.05) is 26.5 Å². The minimum absolute atomic E-state index is 0.0149. The number of methoxy groups -OCH3 is 2. The molecule has 0 bridgehead atoms. The number of carbonyl (C=O) groups excluding carboxylic acids is 1. The van der Waals surface area contributed by atoms with E-state index in [1.807, 2.05) is 36.4 Å². The Kier molecular flexibility index (Phi) is 7.28. The zero-order valence-corrected chi connectivity index (χ0v) is 15.2. The van der Waals surface area contributed by atoms with Crippen molar-refractivity contribution in [3.05, 3.63) is 53.1 Å². The van der Waals surface area contributed by atoms with Crippen LogP contribution in [-0.2, 0) is 11.2 Å². The lowest BCUT2D eigenvalue weighted by molar-refractivity contribution is -0.120. The zero-order valence-electron chi connectivity index (χ0n) is 13.7. The van der Waals surface area contributed by atoms with E-state index in [0.717, 1.165) is 21.2 Å². The van der Waals surface area contributed by atoms with Crippen molar-refractivity contribution in [2.45, 2.75) is 11.3 Å². The third kappa shape index (κ3) is 5.65. The van der Waals surface area contributed by atoms with Gasteiger partial charge in [0, 0.05) is 22.2 Å². The lowest BCUT2D eigenvalue weighted by atomic mass is 10.1. The van der Waals surface area contributed by atoms with Crippen LogP contribution >= 0.6 is 23.4 Å². The first kappa shape index (κ1) is 18.5. The Morgan fingerprint density at radius 1 is 1.08 bits per heavy atom.